The summed E-state index contributed by atoms with van der Waals surface area (Å²) in [6.45, 7) is 16.5. The summed E-state index contributed by atoms with van der Waals surface area (Å²) in [5.74, 6) is 1.64. The number of aromatic nitrogens is 1. The van der Waals surface area contributed by atoms with Gasteiger partial charge in [0.15, 0.2) is 5.89 Å². The predicted octanol–water partition coefficient (Wildman–Crippen LogP) is 4.76. The second kappa shape index (κ2) is 8.65. The molecule has 1 aromatic heterocycles. The minimum atomic E-state index is -0.757. The van der Waals surface area contributed by atoms with Crippen LogP contribution in [-0.4, -0.2) is 40.2 Å². The lowest BCUT2D eigenvalue weighted by molar-refractivity contribution is -0.144. The molecule has 1 aromatic carbocycles. The van der Waals surface area contributed by atoms with Crippen molar-refractivity contribution in [3.63, 3.8) is 0 Å². The lowest BCUT2D eigenvalue weighted by Crippen LogP contribution is -2.48. The van der Waals surface area contributed by atoms with E-state index in [4.69, 9.17) is 9.15 Å². The number of benzene rings is 1. The van der Waals surface area contributed by atoms with Gasteiger partial charge in [-0.1, -0.05) is 47.6 Å². The van der Waals surface area contributed by atoms with Gasteiger partial charge in [-0.25, -0.2) is 4.98 Å². The molecule has 1 aliphatic rings. The van der Waals surface area contributed by atoms with Crippen molar-refractivity contribution in [2.24, 2.45) is 5.41 Å². The summed E-state index contributed by atoms with van der Waals surface area (Å²) < 4.78 is 11.8. The van der Waals surface area contributed by atoms with Gasteiger partial charge in [-0.2, -0.15) is 0 Å². The minimum Gasteiger partial charge on any atom is -0.493 e. The van der Waals surface area contributed by atoms with Gasteiger partial charge in [-0.3, -0.25) is 9.69 Å². The van der Waals surface area contributed by atoms with E-state index in [1.54, 1.807) is 0 Å². The van der Waals surface area contributed by atoms with E-state index in [0.29, 0.717) is 26.0 Å². The van der Waals surface area contributed by atoms with Crippen molar-refractivity contribution in [1.29, 1.82) is 0 Å². The Bertz CT molecular complexity index is 934. The highest BCUT2D eigenvalue weighted by Gasteiger charge is 2.33. The quantitative estimate of drug-likeness (QED) is 0.715. The summed E-state index contributed by atoms with van der Waals surface area (Å²) in [7, 11) is 0. The van der Waals surface area contributed by atoms with Crippen molar-refractivity contribution >= 4 is 5.97 Å². The van der Waals surface area contributed by atoms with Gasteiger partial charge in [-0.15, -0.1) is 0 Å². The zero-order valence-electron chi connectivity index (χ0n) is 19.9. The number of ether oxygens (including phenoxy) is 1. The smallest absolute Gasteiger partial charge is 0.321 e. The average Bonchev–Trinajstić information content (AvgIpc) is 3.01. The maximum atomic E-state index is 11.8. The molecule has 2 heterocycles. The number of carboxylic acid groups (broad SMARTS) is 1. The highest BCUT2D eigenvalue weighted by Crippen LogP contribution is 2.30. The zero-order valence-corrected chi connectivity index (χ0v) is 19.9. The fraction of sp³-hybridized carbons (Fsp3) is 0.600. The molecule has 1 atom stereocenters. The molecule has 1 aliphatic heterocycles. The summed E-state index contributed by atoms with van der Waals surface area (Å²) in [5, 5.41) is 9.70. The van der Waals surface area contributed by atoms with Crippen LogP contribution in [0.4, 0.5) is 0 Å². The molecule has 0 amide bonds. The molecule has 170 valence electrons. The Morgan fingerprint density at radius 1 is 1.23 bits per heavy atom. The molecule has 6 nitrogen and oxygen atoms in total. The van der Waals surface area contributed by atoms with E-state index in [2.05, 4.69) is 57.5 Å². The molecule has 6 heteroatoms. The van der Waals surface area contributed by atoms with Crippen LogP contribution in [-0.2, 0) is 29.6 Å². The Hall–Kier alpha value is -2.34. The third-order valence-corrected chi connectivity index (χ3v) is 5.51. The first kappa shape index (κ1) is 23.3. The normalized spacial score (nSPS) is 17.5. The van der Waals surface area contributed by atoms with Gasteiger partial charge < -0.3 is 14.3 Å². The fourth-order valence-electron chi connectivity index (χ4n) is 3.97. The molecule has 0 spiro atoms. The lowest BCUT2D eigenvalue weighted by Gasteiger charge is -2.38. The second-order valence-corrected chi connectivity index (χ2v) is 10.8. The maximum absolute atomic E-state index is 11.8. The van der Waals surface area contributed by atoms with E-state index in [-0.39, 0.29) is 10.8 Å². The third-order valence-electron chi connectivity index (χ3n) is 5.51. The molecule has 0 unspecified atom stereocenters. The summed E-state index contributed by atoms with van der Waals surface area (Å²) in [5.41, 5.74) is 3.08. The van der Waals surface area contributed by atoms with E-state index < -0.39 is 12.0 Å². The average molecular weight is 429 g/mol. The molecule has 0 saturated heterocycles. The van der Waals surface area contributed by atoms with Crippen molar-refractivity contribution < 1.29 is 19.1 Å². The number of aliphatic carboxylic acids is 1. The number of fused-ring (bicyclic) bond motifs is 1. The van der Waals surface area contributed by atoms with Crippen LogP contribution in [0.1, 0.15) is 70.0 Å². The van der Waals surface area contributed by atoms with Gasteiger partial charge in [0, 0.05) is 24.9 Å². The molecular formula is C25H36N2O4. The highest BCUT2D eigenvalue weighted by molar-refractivity contribution is 5.74. The molecule has 0 saturated carbocycles. The first-order chi connectivity index (χ1) is 14.3. The number of carbonyl (C=O) groups is 1. The number of aryl methyl sites for hydroxylation is 1. The molecule has 0 fully saturated rings. The summed E-state index contributed by atoms with van der Waals surface area (Å²) in [6.07, 6.45) is 1.20. The fourth-order valence-corrected chi connectivity index (χ4v) is 3.97. The van der Waals surface area contributed by atoms with Crippen LogP contribution in [0.15, 0.2) is 22.6 Å². The Labute approximate surface area is 185 Å². The molecule has 2 aromatic rings. The number of carboxylic acids is 1. The third kappa shape index (κ3) is 5.88. The number of hydrogen-bond acceptors (Lipinski definition) is 5. The van der Waals surface area contributed by atoms with Crippen molar-refractivity contribution in [1.82, 2.24) is 9.88 Å². The van der Waals surface area contributed by atoms with Gasteiger partial charge in [0.2, 0.25) is 0 Å². The van der Waals surface area contributed by atoms with E-state index in [1.165, 1.54) is 0 Å². The van der Waals surface area contributed by atoms with Crippen LogP contribution in [0.25, 0.3) is 0 Å². The SMILES string of the molecule is Cc1oc(C(C)(C)C)nc1CCOc1ccc2c(c1)CN(CC(C)(C)C)[C@H](C(=O)O)C2. The van der Waals surface area contributed by atoms with Crippen LogP contribution < -0.4 is 4.74 Å². The monoisotopic (exact) mass is 428 g/mol. The van der Waals surface area contributed by atoms with Crippen molar-refractivity contribution in [3.8, 4) is 5.75 Å². The molecule has 1 N–H and O–H groups in total. The van der Waals surface area contributed by atoms with E-state index in [1.807, 2.05) is 19.1 Å². The van der Waals surface area contributed by atoms with E-state index in [9.17, 15) is 9.90 Å². The predicted molar refractivity (Wildman–Crippen MR) is 121 cm³/mol. The van der Waals surface area contributed by atoms with Gasteiger partial charge in [0.1, 0.15) is 17.6 Å². The van der Waals surface area contributed by atoms with Crippen LogP contribution >= 0.6 is 0 Å². The van der Waals surface area contributed by atoms with Crippen molar-refractivity contribution in [2.75, 3.05) is 13.2 Å². The largest absolute Gasteiger partial charge is 0.493 e. The minimum absolute atomic E-state index is 0.0284. The summed E-state index contributed by atoms with van der Waals surface area (Å²) in [6, 6.07) is 5.52. The van der Waals surface area contributed by atoms with Crippen LogP contribution in [0.2, 0.25) is 0 Å². The Morgan fingerprint density at radius 2 is 1.94 bits per heavy atom. The molecule has 0 bridgehead atoms. The zero-order chi connectivity index (χ0) is 23.0. The number of nitrogens with zero attached hydrogens (tertiary/aromatic N) is 2. The number of rotatable bonds is 6. The topological polar surface area (TPSA) is 75.8 Å². The molecule has 3 rings (SSSR count). The summed E-state index contributed by atoms with van der Waals surface area (Å²) >= 11 is 0. The first-order valence-electron chi connectivity index (χ1n) is 11.0. The van der Waals surface area contributed by atoms with Gasteiger partial charge >= 0.3 is 5.97 Å². The Kier molecular flexibility index (Phi) is 6.51. The molecule has 0 radical (unpaired) electrons. The number of oxazole rings is 1. The number of hydrogen-bond donors (Lipinski definition) is 1. The molecule has 0 aliphatic carbocycles. The van der Waals surface area contributed by atoms with Crippen molar-refractivity contribution in [3.05, 3.63) is 46.7 Å². The van der Waals surface area contributed by atoms with Gasteiger partial charge in [0.05, 0.1) is 12.3 Å². The highest BCUT2D eigenvalue weighted by atomic mass is 16.5. The maximum Gasteiger partial charge on any atom is 0.321 e. The van der Waals surface area contributed by atoms with E-state index in [0.717, 1.165) is 40.8 Å². The van der Waals surface area contributed by atoms with E-state index >= 15 is 0 Å². The van der Waals surface area contributed by atoms with Gasteiger partial charge in [0.25, 0.3) is 0 Å². The molecular weight excluding hydrogens is 392 g/mol. The standard InChI is InChI=1S/C25H36N2O4/c1-16-20(26-23(31-16)25(5,6)7)10-11-30-19-9-8-17-13-21(22(28)29)27(14-18(17)12-19)15-24(2,3)4/h8-9,12,21H,10-11,13-15H2,1-7H3,(H,28,29)/t21-/m0/s1. The molecule has 31 heavy (non-hydrogen) atoms. The summed E-state index contributed by atoms with van der Waals surface area (Å²) in [4.78, 5) is 18.5. The first-order valence-corrected chi connectivity index (χ1v) is 11.0. The van der Waals surface area contributed by atoms with Crippen LogP contribution in [0, 0.1) is 12.3 Å². The lowest BCUT2D eigenvalue weighted by atomic mass is 9.89. The Balaban J connectivity index is 1.67. The van der Waals surface area contributed by atoms with Crippen LogP contribution in [0.3, 0.4) is 0 Å². The van der Waals surface area contributed by atoms with Crippen LogP contribution in [0.5, 0.6) is 5.75 Å². The second-order valence-electron chi connectivity index (χ2n) is 10.8. The van der Waals surface area contributed by atoms with Gasteiger partial charge in [-0.05, 0) is 42.0 Å². The Morgan fingerprint density at radius 3 is 2.52 bits per heavy atom. The van der Waals surface area contributed by atoms with Crippen molar-refractivity contribution in [2.45, 2.75) is 79.3 Å².